The zero-order valence-electron chi connectivity index (χ0n) is 41.1. The van der Waals surface area contributed by atoms with Crippen molar-refractivity contribution >= 4 is 13.8 Å². The van der Waals surface area contributed by atoms with E-state index in [1.807, 2.05) is 21.1 Å². The Balaban J connectivity index is 4.19. The number of carbonyl (C=O) groups is 1. The van der Waals surface area contributed by atoms with Crippen molar-refractivity contribution in [3.8, 4) is 0 Å². The average molecular weight is 893 g/mol. The van der Waals surface area contributed by atoms with Crippen molar-refractivity contribution in [2.24, 2.45) is 0 Å². The van der Waals surface area contributed by atoms with E-state index in [0.29, 0.717) is 24.1 Å². The molecule has 0 aliphatic heterocycles. The maximum Gasteiger partial charge on any atom is 0.472 e. The molecule has 0 saturated heterocycles. The van der Waals surface area contributed by atoms with Crippen molar-refractivity contribution in [1.29, 1.82) is 0 Å². The summed E-state index contributed by atoms with van der Waals surface area (Å²) < 4.78 is 35.1. The summed E-state index contributed by atoms with van der Waals surface area (Å²) in [4.78, 5) is 23.0. The molecule has 0 aromatic carbocycles. The molecule has 9 heteroatoms. The van der Waals surface area contributed by atoms with Gasteiger partial charge in [0.2, 0.25) is 0 Å². The van der Waals surface area contributed by atoms with Gasteiger partial charge in [0.1, 0.15) is 19.3 Å². The van der Waals surface area contributed by atoms with Crippen molar-refractivity contribution in [3.63, 3.8) is 0 Å². The van der Waals surface area contributed by atoms with Crippen molar-refractivity contribution in [2.45, 2.75) is 219 Å². The van der Waals surface area contributed by atoms with Gasteiger partial charge in [0.05, 0.1) is 34.4 Å². The predicted octanol–water partition coefficient (Wildman–Crippen LogP) is 15.7. The van der Waals surface area contributed by atoms with Gasteiger partial charge >= 0.3 is 13.8 Å². The number of esters is 1. The summed E-state index contributed by atoms with van der Waals surface area (Å²) in [7, 11) is 1.64. The lowest BCUT2D eigenvalue weighted by atomic mass is 10.0. The number of quaternary nitrogens is 1. The minimum atomic E-state index is -4.29. The number of unbranched alkanes of at least 4 members (excludes halogenated alkanes) is 23. The van der Waals surface area contributed by atoms with Gasteiger partial charge in [0.15, 0.2) is 0 Å². The molecule has 2 atom stereocenters. The first-order valence-corrected chi connectivity index (χ1v) is 27.0. The summed E-state index contributed by atoms with van der Waals surface area (Å²) in [5.74, 6) is -0.343. The largest absolute Gasteiger partial charge is 0.472 e. The molecule has 1 N–H and O–H groups in total. The van der Waals surface area contributed by atoms with Gasteiger partial charge in [0.25, 0.3) is 0 Å². The number of phosphoric acid groups is 1. The molecule has 0 heterocycles. The predicted molar refractivity (Wildman–Crippen MR) is 266 cm³/mol. The summed E-state index contributed by atoms with van der Waals surface area (Å²) in [6.45, 7) is 5.49. The molecule has 0 rings (SSSR count). The highest BCUT2D eigenvalue weighted by Gasteiger charge is 2.26. The van der Waals surface area contributed by atoms with E-state index in [9.17, 15) is 14.3 Å². The third-order valence-electron chi connectivity index (χ3n) is 10.8. The summed E-state index contributed by atoms with van der Waals surface area (Å²) in [5, 5.41) is 0. The molecule has 8 nitrogen and oxygen atoms in total. The minimum absolute atomic E-state index is 0.0807. The molecule has 0 aliphatic carbocycles. The Morgan fingerprint density at radius 2 is 0.935 bits per heavy atom. The van der Waals surface area contributed by atoms with E-state index >= 15 is 0 Å². The van der Waals surface area contributed by atoms with E-state index in [1.165, 1.54) is 122 Å². The van der Waals surface area contributed by atoms with Gasteiger partial charge in [-0.3, -0.25) is 13.8 Å². The van der Waals surface area contributed by atoms with Crippen LogP contribution in [0.25, 0.3) is 0 Å². The molecule has 0 saturated carbocycles. The Morgan fingerprint density at radius 3 is 1.39 bits per heavy atom. The fraction of sp³-hybridized carbons (Fsp3) is 0.792. The average Bonchev–Trinajstić information content (AvgIpc) is 3.23. The van der Waals surface area contributed by atoms with Gasteiger partial charge < -0.3 is 18.9 Å². The Hall–Kier alpha value is -1.80. The maximum absolute atomic E-state index is 12.7. The van der Waals surface area contributed by atoms with Gasteiger partial charge in [0, 0.05) is 13.0 Å². The fourth-order valence-electron chi connectivity index (χ4n) is 6.93. The second kappa shape index (κ2) is 45.8. The van der Waals surface area contributed by atoms with Gasteiger partial charge in [-0.2, -0.15) is 0 Å². The van der Waals surface area contributed by atoms with Crippen molar-refractivity contribution in [3.05, 3.63) is 60.8 Å². The van der Waals surface area contributed by atoms with E-state index < -0.39 is 13.9 Å². The zero-order chi connectivity index (χ0) is 45.5. The minimum Gasteiger partial charge on any atom is -0.457 e. The van der Waals surface area contributed by atoms with E-state index in [0.717, 1.165) is 70.6 Å². The van der Waals surface area contributed by atoms with Crippen molar-refractivity contribution in [2.75, 3.05) is 54.1 Å². The number of phosphoric ester groups is 1. The number of likely N-dealkylation sites (N-methyl/N-ethyl adjacent to an activating group) is 1. The Bertz CT molecular complexity index is 1170. The molecule has 0 bridgehead atoms. The van der Waals surface area contributed by atoms with Gasteiger partial charge in [-0.05, 0) is 57.8 Å². The van der Waals surface area contributed by atoms with E-state index in [-0.39, 0.29) is 25.8 Å². The highest BCUT2D eigenvalue weighted by Crippen LogP contribution is 2.43. The number of hydrogen-bond donors (Lipinski definition) is 1. The smallest absolute Gasteiger partial charge is 0.457 e. The van der Waals surface area contributed by atoms with Gasteiger partial charge in [-0.1, -0.05) is 209 Å². The second-order valence-corrected chi connectivity index (χ2v) is 19.6. The topological polar surface area (TPSA) is 91.3 Å². The van der Waals surface area contributed by atoms with Crippen molar-refractivity contribution < 1.29 is 37.3 Å². The molecule has 62 heavy (non-hydrogen) atoms. The summed E-state index contributed by atoms with van der Waals surface area (Å²) >= 11 is 0. The first kappa shape index (κ1) is 60.2. The first-order valence-electron chi connectivity index (χ1n) is 25.5. The van der Waals surface area contributed by atoms with Crippen LogP contribution in [-0.4, -0.2) is 75.6 Å². The van der Waals surface area contributed by atoms with Crippen LogP contribution in [0.2, 0.25) is 0 Å². The number of allylic oxidation sites excluding steroid dienone is 10. The summed E-state index contributed by atoms with van der Waals surface area (Å²) in [5.41, 5.74) is 0. The molecular weight excluding hydrogens is 794 g/mol. The van der Waals surface area contributed by atoms with Crippen LogP contribution >= 0.6 is 7.82 Å². The van der Waals surface area contributed by atoms with Crippen LogP contribution in [0.3, 0.4) is 0 Å². The molecule has 0 amide bonds. The van der Waals surface area contributed by atoms with E-state index in [4.69, 9.17) is 18.5 Å². The number of carbonyl (C=O) groups excluding carboxylic acids is 1. The van der Waals surface area contributed by atoms with Crippen LogP contribution in [0.1, 0.15) is 213 Å². The zero-order valence-corrected chi connectivity index (χ0v) is 42.0. The van der Waals surface area contributed by atoms with Crippen LogP contribution in [-0.2, 0) is 27.9 Å². The highest BCUT2D eigenvalue weighted by atomic mass is 31.2. The summed E-state index contributed by atoms with van der Waals surface area (Å²) in [6, 6.07) is 0. The molecule has 2 unspecified atom stereocenters. The number of rotatable bonds is 47. The summed E-state index contributed by atoms with van der Waals surface area (Å²) in [6.07, 6.45) is 58.4. The van der Waals surface area contributed by atoms with E-state index in [1.54, 1.807) is 0 Å². The Kier molecular flexibility index (Phi) is 44.4. The molecular formula is C53H99NO7P+. The van der Waals surface area contributed by atoms with Crippen LogP contribution in [0.15, 0.2) is 60.8 Å². The quantitative estimate of drug-likeness (QED) is 0.0214. The molecule has 0 spiro atoms. The van der Waals surface area contributed by atoms with Crippen LogP contribution in [0, 0.1) is 0 Å². The SMILES string of the molecule is CC/C=C\C/C=C\C/C=C\C/C=C\C/C=C\CCCCCC(=O)OC(COCCCCCCCCCCCCCCCCCCCCCCC)COP(=O)(O)OCC[N+](C)(C)C. The van der Waals surface area contributed by atoms with Gasteiger partial charge in [-0.25, -0.2) is 4.57 Å². The fourth-order valence-corrected chi connectivity index (χ4v) is 7.67. The molecule has 362 valence electrons. The lowest BCUT2D eigenvalue weighted by molar-refractivity contribution is -0.870. The number of nitrogens with zero attached hydrogens (tertiary/aromatic N) is 1. The van der Waals surface area contributed by atoms with Crippen LogP contribution in [0.4, 0.5) is 0 Å². The molecule has 0 aromatic rings. The van der Waals surface area contributed by atoms with Crippen LogP contribution < -0.4 is 0 Å². The first-order chi connectivity index (χ1) is 30.1. The van der Waals surface area contributed by atoms with Gasteiger partial charge in [-0.15, -0.1) is 0 Å². The number of ether oxygens (including phenoxy) is 2. The third-order valence-corrected chi connectivity index (χ3v) is 11.8. The highest BCUT2D eigenvalue weighted by molar-refractivity contribution is 7.47. The standard InChI is InChI=1S/C53H98NO7P/c1-6-8-10-12-14-16-18-20-22-24-26-27-29-31-33-35-37-39-41-43-45-48-58-50-52(51-60-62(56,57)59-49-47-54(3,4)5)61-53(55)46-44-42-40-38-36-34-32-30-28-25-23-21-19-17-15-13-11-9-7-2/h9,11,15,17,21,23,28,30,34,36,52H,6-8,10,12-14,16,18-20,22,24-27,29,31-33,35,37-51H2,1-5H3/p+1/b11-9-,17-15-,23-21-,30-28-,36-34-. The molecule has 0 aromatic heterocycles. The third kappa shape index (κ3) is 49.2. The second-order valence-electron chi connectivity index (χ2n) is 18.2. The molecule has 0 aliphatic rings. The van der Waals surface area contributed by atoms with E-state index in [2.05, 4.69) is 74.6 Å². The maximum atomic E-state index is 12.7. The Morgan fingerprint density at radius 1 is 0.516 bits per heavy atom. The monoisotopic (exact) mass is 893 g/mol. The Labute approximate surface area is 383 Å². The normalized spacial score (nSPS) is 14.1. The molecule has 0 radical (unpaired) electrons. The lowest BCUT2D eigenvalue weighted by Crippen LogP contribution is -2.37. The van der Waals surface area contributed by atoms with Crippen LogP contribution in [0.5, 0.6) is 0 Å². The molecule has 0 fully saturated rings. The van der Waals surface area contributed by atoms with Crippen molar-refractivity contribution in [1.82, 2.24) is 0 Å². The number of hydrogen-bond acceptors (Lipinski definition) is 6. The lowest BCUT2D eigenvalue weighted by Gasteiger charge is -2.24.